The SMILES string of the molecule is Cc1ccc([C@@H](NC(=O)Cn2cnc3scc(-c4ccccc4)c3c2=O)c2cccs2)cc1. The molecule has 7 heteroatoms. The van der Waals surface area contributed by atoms with Gasteiger partial charge in [-0.15, -0.1) is 22.7 Å². The van der Waals surface area contributed by atoms with Crippen LogP contribution >= 0.6 is 22.7 Å². The number of rotatable bonds is 6. The number of amides is 1. The summed E-state index contributed by atoms with van der Waals surface area (Å²) in [6, 6.07) is 21.6. The van der Waals surface area contributed by atoms with E-state index in [1.54, 1.807) is 11.3 Å². The Hall–Kier alpha value is -3.55. The Morgan fingerprint density at radius 2 is 1.82 bits per heavy atom. The van der Waals surface area contributed by atoms with Crippen molar-refractivity contribution >= 4 is 38.8 Å². The molecule has 2 aromatic carbocycles. The number of aromatic nitrogens is 2. The van der Waals surface area contributed by atoms with E-state index in [-0.39, 0.29) is 24.1 Å². The van der Waals surface area contributed by atoms with Crippen LogP contribution in [0.2, 0.25) is 0 Å². The van der Waals surface area contributed by atoms with Crippen LogP contribution in [0.25, 0.3) is 21.3 Å². The van der Waals surface area contributed by atoms with Gasteiger partial charge in [-0.1, -0.05) is 66.2 Å². The van der Waals surface area contributed by atoms with Gasteiger partial charge in [-0.2, -0.15) is 0 Å². The summed E-state index contributed by atoms with van der Waals surface area (Å²) in [5.74, 6) is -0.242. The van der Waals surface area contributed by atoms with Gasteiger partial charge in [0.15, 0.2) is 0 Å². The molecule has 3 aromatic heterocycles. The standard InChI is InChI=1S/C26H21N3O2S2/c1-17-9-11-19(12-10-17)24(21-8-5-13-32-21)28-22(30)14-29-16-27-25-23(26(29)31)20(15-33-25)18-6-3-2-4-7-18/h2-13,15-16,24H,14H2,1H3,(H,28,30)/t24-/m1/s1. The number of nitrogens with zero attached hydrogens (tertiary/aromatic N) is 2. The molecule has 0 aliphatic heterocycles. The van der Waals surface area contributed by atoms with E-state index < -0.39 is 0 Å². The van der Waals surface area contributed by atoms with Crippen LogP contribution in [0.4, 0.5) is 0 Å². The zero-order valence-corrected chi connectivity index (χ0v) is 19.5. The summed E-state index contributed by atoms with van der Waals surface area (Å²) in [4.78, 5) is 32.5. The summed E-state index contributed by atoms with van der Waals surface area (Å²) < 4.78 is 1.39. The summed E-state index contributed by atoms with van der Waals surface area (Å²) in [5.41, 5.74) is 3.76. The zero-order chi connectivity index (χ0) is 22.8. The maximum atomic E-state index is 13.3. The lowest BCUT2D eigenvalue weighted by Gasteiger charge is -2.19. The highest BCUT2D eigenvalue weighted by Crippen LogP contribution is 2.30. The average molecular weight is 472 g/mol. The Balaban J connectivity index is 1.44. The Morgan fingerprint density at radius 1 is 1.03 bits per heavy atom. The van der Waals surface area contributed by atoms with Gasteiger partial charge in [-0.05, 0) is 29.5 Å². The fraction of sp³-hybridized carbons (Fsp3) is 0.115. The van der Waals surface area contributed by atoms with E-state index in [1.165, 1.54) is 22.2 Å². The lowest BCUT2D eigenvalue weighted by atomic mass is 10.0. The first-order valence-electron chi connectivity index (χ1n) is 10.5. The number of fused-ring (bicyclic) bond motifs is 1. The molecule has 0 saturated carbocycles. The quantitative estimate of drug-likeness (QED) is 0.361. The Kier molecular flexibility index (Phi) is 5.90. The number of thiophene rings is 2. The molecule has 1 amide bonds. The van der Waals surface area contributed by atoms with Crippen LogP contribution in [0.5, 0.6) is 0 Å². The van der Waals surface area contributed by atoms with Crippen molar-refractivity contribution in [2.45, 2.75) is 19.5 Å². The predicted octanol–water partition coefficient (Wildman–Crippen LogP) is 5.40. The van der Waals surface area contributed by atoms with Crippen LogP contribution in [0.15, 0.2) is 88.6 Å². The van der Waals surface area contributed by atoms with Crippen molar-refractivity contribution in [2.24, 2.45) is 0 Å². The van der Waals surface area contributed by atoms with Crippen LogP contribution in [-0.2, 0) is 11.3 Å². The molecule has 0 radical (unpaired) electrons. The average Bonchev–Trinajstić information content (AvgIpc) is 3.51. The number of carbonyl (C=O) groups excluding carboxylic acids is 1. The van der Waals surface area contributed by atoms with Crippen LogP contribution in [0.1, 0.15) is 22.0 Å². The molecular formula is C26H21N3O2S2. The summed E-state index contributed by atoms with van der Waals surface area (Å²) in [7, 11) is 0. The lowest BCUT2D eigenvalue weighted by Crippen LogP contribution is -2.35. The van der Waals surface area contributed by atoms with Gasteiger partial charge in [0.2, 0.25) is 5.91 Å². The number of hydrogen-bond donors (Lipinski definition) is 1. The first-order chi connectivity index (χ1) is 16.1. The normalized spacial score (nSPS) is 12.0. The summed E-state index contributed by atoms with van der Waals surface area (Å²) in [6.07, 6.45) is 1.46. The smallest absolute Gasteiger partial charge is 0.263 e. The van der Waals surface area contributed by atoms with Gasteiger partial charge in [-0.3, -0.25) is 14.2 Å². The fourth-order valence-electron chi connectivity index (χ4n) is 3.80. The van der Waals surface area contributed by atoms with E-state index in [0.29, 0.717) is 10.2 Å². The van der Waals surface area contributed by atoms with Crippen molar-refractivity contribution < 1.29 is 4.79 Å². The summed E-state index contributed by atoms with van der Waals surface area (Å²) >= 11 is 3.02. The molecule has 0 aliphatic rings. The highest BCUT2D eigenvalue weighted by atomic mass is 32.1. The van der Waals surface area contributed by atoms with Crippen LogP contribution in [-0.4, -0.2) is 15.5 Å². The molecule has 1 N–H and O–H groups in total. The topological polar surface area (TPSA) is 64.0 Å². The van der Waals surface area contributed by atoms with Crippen LogP contribution in [0.3, 0.4) is 0 Å². The molecule has 1 atom stereocenters. The van der Waals surface area contributed by atoms with E-state index >= 15 is 0 Å². The number of hydrogen-bond acceptors (Lipinski definition) is 5. The van der Waals surface area contributed by atoms with E-state index in [0.717, 1.165) is 27.1 Å². The minimum absolute atomic E-state index is 0.0976. The van der Waals surface area contributed by atoms with Crippen molar-refractivity contribution in [3.8, 4) is 11.1 Å². The second-order valence-electron chi connectivity index (χ2n) is 7.80. The molecule has 5 rings (SSSR count). The first-order valence-corrected chi connectivity index (χ1v) is 12.3. The first kappa shape index (κ1) is 21.3. The maximum absolute atomic E-state index is 13.3. The predicted molar refractivity (Wildman–Crippen MR) is 135 cm³/mol. The second kappa shape index (κ2) is 9.13. The molecule has 33 heavy (non-hydrogen) atoms. The van der Waals surface area contributed by atoms with Gasteiger partial charge in [-0.25, -0.2) is 4.98 Å². The minimum Gasteiger partial charge on any atom is -0.343 e. The highest BCUT2D eigenvalue weighted by molar-refractivity contribution is 7.17. The number of benzene rings is 2. The summed E-state index contributed by atoms with van der Waals surface area (Å²) in [5, 5.41) is 7.60. The molecule has 5 aromatic rings. The maximum Gasteiger partial charge on any atom is 0.263 e. The molecule has 5 nitrogen and oxygen atoms in total. The van der Waals surface area contributed by atoms with Gasteiger partial charge in [0.1, 0.15) is 11.4 Å². The largest absolute Gasteiger partial charge is 0.343 e. The number of carbonyl (C=O) groups is 1. The molecule has 0 aliphatic carbocycles. The van der Waals surface area contributed by atoms with E-state index in [4.69, 9.17) is 0 Å². The Morgan fingerprint density at radius 3 is 2.55 bits per heavy atom. The number of aryl methyl sites for hydroxylation is 1. The van der Waals surface area contributed by atoms with E-state index in [2.05, 4.69) is 10.3 Å². The van der Waals surface area contributed by atoms with Crippen LogP contribution < -0.4 is 10.9 Å². The van der Waals surface area contributed by atoms with Crippen molar-refractivity contribution in [1.82, 2.24) is 14.9 Å². The minimum atomic E-state index is -0.272. The third-order valence-corrected chi connectivity index (χ3v) is 7.33. The highest BCUT2D eigenvalue weighted by Gasteiger charge is 2.19. The van der Waals surface area contributed by atoms with Gasteiger partial charge in [0.05, 0.1) is 17.8 Å². The van der Waals surface area contributed by atoms with E-state index in [9.17, 15) is 9.59 Å². The Labute approximate surface area is 199 Å². The molecular weight excluding hydrogens is 450 g/mol. The number of nitrogens with one attached hydrogen (secondary N) is 1. The molecule has 0 unspecified atom stereocenters. The Bertz CT molecular complexity index is 1450. The van der Waals surface area contributed by atoms with Crippen LogP contribution in [0, 0.1) is 6.92 Å². The monoisotopic (exact) mass is 471 g/mol. The molecule has 164 valence electrons. The van der Waals surface area contributed by atoms with Gasteiger partial charge in [0, 0.05) is 15.8 Å². The molecule has 0 fully saturated rings. The molecule has 3 heterocycles. The molecule has 0 bridgehead atoms. The van der Waals surface area contributed by atoms with Crippen molar-refractivity contribution in [3.63, 3.8) is 0 Å². The second-order valence-corrected chi connectivity index (χ2v) is 9.64. The van der Waals surface area contributed by atoms with Crippen molar-refractivity contribution in [3.05, 3.63) is 110 Å². The third kappa shape index (κ3) is 4.37. The third-order valence-electron chi connectivity index (χ3n) is 5.50. The van der Waals surface area contributed by atoms with E-state index in [1.807, 2.05) is 84.4 Å². The lowest BCUT2D eigenvalue weighted by molar-refractivity contribution is -0.122. The van der Waals surface area contributed by atoms with Gasteiger partial charge < -0.3 is 5.32 Å². The van der Waals surface area contributed by atoms with Gasteiger partial charge in [0.25, 0.3) is 5.56 Å². The zero-order valence-electron chi connectivity index (χ0n) is 17.9. The van der Waals surface area contributed by atoms with Crippen molar-refractivity contribution in [2.75, 3.05) is 0 Å². The summed E-state index contributed by atoms with van der Waals surface area (Å²) in [6.45, 7) is 1.94. The molecule has 0 spiro atoms. The van der Waals surface area contributed by atoms with Gasteiger partial charge >= 0.3 is 0 Å². The molecule has 0 saturated heterocycles. The fourth-order valence-corrected chi connectivity index (χ4v) is 5.51. The van der Waals surface area contributed by atoms with Crippen molar-refractivity contribution in [1.29, 1.82) is 0 Å².